The summed E-state index contributed by atoms with van der Waals surface area (Å²) in [6.45, 7) is 0. The Hall–Kier alpha value is -1.14. The normalized spacial score (nSPS) is 32.2. The second kappa shape index (κ2) is 2.43. The van der Waals surface area contributed by atoms with Gasteiger partial charge < -0.3 is 21.7 Å². The monoisotopic (exact) mass is 174 g/mol. The lowest BCUT2D eigenvalue weighted by Crippen LogP contribution is -2.70. The van der Waals surface area contributed by atoms with E-state index >= 15 is 0 Å². The molecule has 0 saturated heterocycles. The third-order valence-electron chi connectivity index (χ3n) is 2.14. The van der Waals surface area contributed by atoms with Gasteiger partial charge in [0.15, 0.2) is 0 Å². The molecule has 0 bridgehead atoms. The molecule has 0 aromatic rings. The van der Waals surface area contributed by atoms with Gasteiger partial charge in [0.1, 0.15) is 5.92 Å². The lowest BCUT2D eigenvalue weighted by molar-refractivity contribution is -0.167. The topological polar surface area (TPSA) is 127 Å². The fraction of sp³-hybridized carbons (Fsp3) is 0.667. The number of hydrogen-bond acceptors (Lipinski definition) is 4. The van der Waals surface area contributed by atoms with Gasteiger partial charge in [0.25, 0.3) is 0 Å². The Kier molecular flexibility index (Phi) is 1.81. The zero-order chi connectivity index (χ0) is 9.52. The van der Waals surface area contributed by atoms with E-state index in [0.717, 1.165) is 0 Å². The van der Waals surface area contributed by atoms with Crippen LogP contribution in [-0.4, -0.2) is 27.8 Å². The van der Waals surface area contributed by atoms with Crippen LogP contribution in [0.2, 0.25) is 0 Å². The van der Waals surface area contributed by atoms with Gasteiger partial charge in [0.2, 0.25) is 0 Å². The highest BCUT2D eigenvalue weighted by molar-refractivity contribution is 5.83. The average Bonchev–Trinajstić information content (AvgIpc) is 1.81. The van der Waals surface area contributed by atoms with Gasteiger partial charge in [-0.15, -0.1) is 0 Å². The maximum Gasteiger partial charge on any atom is 0.310 e. The lowest BCUT2D eigenvalue weighted by Gasteiger charge is -2.45. The first kappa shape index (κ1) is 8.95. The molecule has 6 nitrogen and oxygen atoms in total. The van der Waals surface area contributed by atoms with E-state index in [0.29, 0.717) is 0 Å². The molecule has 0 aromatic heterocycles. The smallest absolute Gasteiger partial charge is 0.310 e. The number of carboxylic acids is 2. The standard InChI is InChI=1S/C6H10N2O4/c7-6(8)1-2(4(9)10)3(6)5(11)12/h2-3H,1,7-8H2,(H,9,10)(H,11,12). The maximum atomic E-state index is 10.5. The van der Waals surface area contributed by atoms with E-state index in [1.165, 1.54) is 0 Å². The summed E-state index contributed by atoms with van der Waals surface area (Å²) in [5.74, 6) is -4.53. The second-order valence-electron chi connectivity index (χ2n) is 3.08. The fourth-order valence-electron chi connectivity index (χ4n) is 1.47. The summed E-state index contributed by atoms with van der Waals surface area (Å²) < 4.78 is 0. The Balaban J connectivity index is 2.76. The van der Waals surface area contributed by atoms with Crippen LogP contribution in [0, 0.1) is 11.8 Å². The van der Waals surface area contributed by atoms with E-state index in [1.54, 1.807) is 0 Å². The van der Waals surface area contributed by atoms with Crippen LogP contribution in [0.25, 0.3) is 0 Å². The molecule has 0 aromatic carbocycles. The van der Waals surface area contributed by atoms with Crippen molar-refractivity contribution in [3.8, 4) is 0 Å². The van der Waals surface area contributed by atoms with Crippen molar-refractivity contribution >= 4 is 11.9 Å². The van der Waals surface area contributed by atoms with Crippen molar-refractivity contribution in [1.29, 1.82) is 0 Å². The van der Waals surface area contributed by atoms with Gasteiger partial charge in [-0.1, -0.05) is 0 Å². The highest BCUT2D eigenvalue weighted by atomic mass is 16.4. The summed E-state index contributed by atoms with van der Waals surface area (Å²) in [7, 11) is 0. The number of aliphatic carboxylic acids is 2. The van der Waals surface area contributed by atoms with Crippen LogP contribution in [0.3, 0.4) is 0 Å². The van der Waals surface area contributed by atoms with E-state index < -0.39 is 29.4 Å². The van der Waals surface area contributed by atoms with E-state index in [4.69, 9.17) is 21.7 Å². The predicted molar refractivity (Wildman–Crippen MR) is 38.0 cm³/mol. The molecule has 68 valence electrons. The van der Waals surface area contributed by atoms with Gasteiger partial charge >= 0.3 is 11.9 Å². The molecule has 2 unspecified atom stereocenters. The minimum Gasteiger partial charge on any atom is -0.481 e. The van der Waals surface area contributed by atoms with Gasteiger partial charge in [-0.2, -0.15) is 0 Å². The van der Waals surface area contributed by atoms with E-state index in [1.807, 2.05) is 0 Å². The van der Waals surface area contributed by atoms with Crippen LogP contribution in [-0.2, 0) is 9.59 Å². The van der Waals surface area contributed by atoms with E-state index in [9.17, 15) is 9.59 Å². The van der Waals surface area contributed by atoms with Gasteiger partial charge in [-0.05, 0) is 6.42 Å². The number of rotatable bonds is 2. The highest BCUT2D eigenvalue weighted by Gasteiger charge is 2.56. The Morgan fingerprint density at radius 1 is 1.25 bits per heavy atom. The zero-order valence-corrected chi connectivity index (χ0v) is 6.23. The number of carboxylic acid groups (broad SMARTS) is 2. The van der Waals surface area contributed by atoms with Crippen LogP contribution in [0.5, 0.6) is 0 Å². The Morgan fingerprint density at radius 2 is 1.75 bits per heavy atom. The summed E-state index contributed by atoms with van der Waals surface area (Å²) in [6.07, 6.45) is 0.0132. The molecular weight excluding hydrogens is 164 g/mol. The molecule has 6 N–H and O–H groups in total. The molecule has 0 spiro atoms. The predicted octanol–water partition coefficient (Wildman–Crippen LogP) is -1.59. The summed E-state index contributed by atoms with van der Waals surface area (Å²) in [5, 5.41) is 17.1. The Labute approximate surface area is 68.1 Å². The Morgan fingerprint density at radius 3 is 1.92 bits per heavy atom. The summed E-state index contributed by atoms with van der Waals surface area (Å²) >= 11 is 0. The molecule has 1 aliphatic carbocycles. The van der Waals surface area contributed by atoms with Crippen LogP contribution in [0.4, 0.5) is 0 Å². The van der Waals surface area contributed by atoms with Crippen LogP contribution in [0.15, 0.2) is 0 Å². The van der Waals surface area contributed by atoms with Crippen molar-refractivity contribution in [3.63, 3.8) is 0 Å². The second-order valence-corrected chi connectivity index (χ2v) is 3.08. The van der Waals surface area contributed by atoms with Crippen molar-refractivity contribution < 1.29 is 19.8 Å². The average molecular weight is 174 g/mol. The fourth-order valence-corrected chi connectivity index (χ4v) is 1.47. The van der Waals surface area contributed by atoms with Gasteiger partial charge in [0, 0.05) is 0 Å². The molecule has 1 rings (SSSR count). The first-order valence-corrected chi connectivity index (χ1v) is 3.39. The first-order chi connectivity index (χ1) is 5.36. The number of nitrogens with two attached hydrogens (primary N) is 2. The minimum atomic E-state index is -1.37. The quantitative estimate of drug-likeness (QED) is 0.373. The molecule has 1 fully saturated rings. The van der Waals surface area contributed by atoms with Crippen molar-refractivity contribution in [2.24, 2.45) is 23.3 Å². The van der Waals surface area contributed by atoms with Crippen molar-refractivity contribution in [1.82, 2.24) is 0 Å². The first-order valence-electron chi connectivity index (χ1n) is 3.39. The number of carbonyl (C=O) groups is 2. The van der Waals surface area contributed by atoms with Crippen molar-refractivity contribution in [3.05, 3.63) is 0 Å². The van der Waals surface area contributed by atoms with Crippen LogP contribution < -0.4 is 11.5 Å². The summed E-state index contributed by atoms with van der Waals surface area (Å²) in [5.41, 5.74) is 9.29. The molecule has 0 amide bonds. The highest BCUT2D eigenvalue weighted by Crippen LogP contribution is 2.38. The molecule has 0 radical (unpaired) electrons. The molecule has 1 aliphatic rings. The Bertz CT molecular complexity index is 238. The third-order valence-corrected chi connectivity index (χ3v) is 2.14. The molecule has 1 saturated carbocycles. The number of hydrogen-bond donors (Lipinski definition) is 4. The molecule has 2 atom stereocenters. The van der Waals surface area contributed by atoms with Crippen LogP contribution >= 0.6 is 0 Å². The summed E-state index contributed by atoms with van der Waals surface area (Å²) in [6, 6.07) is 0. The van der Waals surface area contributed by atoms with Crippen LogP contribution in [0.1, 0.15) is 6.42 Å². The molecular formula is C6H10N2O4. The SMILES string of the molecule is NC1(N)CC(C(=O)O)C1C(=O)O. The maximum absolute atomic E-state index is 10.5. The largest absolute Gasteiger partial charge is 0.481 e. The van der Waals surface area contributed by atoms with Crippen molar-refractivity contribution in [2.75, 3.05) is 0 Å². The van der Waals surface area contributed by atoms with E-state index in [-0.39, 0.29) is 6.42 Å². The van der Waals surface area contributed by atoms with E-state index in [2.05, 4.69) is 0 Å². The lowest BCUT2D eigenvalue weighted by atomic mass is 9.65. The van der Waals surface area contributed by atoms with Gasteiger partial charge in [-0.25, -0.2) is 0 Å². The molecule has 0 aliphatic heterocycles. The third kappa shape index (κ3) is 1.15. The molecule has 12 heavy (non-hydrogen) atoms. The molecule has 0 heterocycles. The van der Waals surface area contributed by atoms with Gasteiger partial charge in [-0.3, -0.25) is 9.59 Å². The zero-order valence-electron chi connectivity index (χ0n) is 6.23. The molecule has 6 heteroatoms. The van der Waals surface area contributed by atoms with Gasteiger partial charge in [0.05, 0.1) is 11.6 Å². The van der Waals surface area contributed by atoms with Crippen molar-refractivity contribution in [2.45, 2.75) is 12.1 Å². The minimum absolute atomic E-state index is 0.0132. The summed E-state index contributed by atoms with van der Waals surface area (Å²) in [4.78, 5) is 20.9.